The SMILES string of the molecule is C=C(CC)CC(N)Cc1cccc2ccccc12. The Hall–Kier alpha value is -1.60. The molecule has 1 unspecified atom stereocenters. The third kappa shape index (κ3) is 2.99. The van der Waals surface area contributed by atoms with E-state index in [-0.39, 0.29) is 6.04 Å². The predicted molar refractivity (Wildman–Crippen MR) is 79.7 cm³/mol. The van der Waals surface area contributed by atoms with Crippen LogP contribution >= 0.6 is 0 Å². The van der Waals surface area contributed by atoms with E-state index in [4.69, 9.17) is 5.73 Å². The van der Waals surface area contributed by atoms with Gasteiger partial charge < -0.3 is 5.73 Å². The molecule has 0 amide bonds. The van der Waals surface area contributed by atoms with E-state index in [1.807, 2.05) is 0 Å². The highest BCUT2D eigenvalue weighted by atomic mass is 14.6. The van der Waals surface area contributed by atoms with Crippen LogP contribution in [0.4, 0.5) is 0 Å². The van der Waals surface area contributed by atoms with Gasteiger partial charge in [0.15, 0.2) is 0 Å². The molecular weight excluding hydrogens is 218 g/mol. The summed E-state index contributed by atoms with van der Waals surface area (Å²) in [5.74, 6) is 0. The number of hydrogen-bond acceptors (Lipinski definition) is 1. The van der Waals surface area contributed by atoms with Crippen LogP contribution in [0.3, 0.4) is 0 Å². The Bertz CT molecular complexity index is 537. The Labute approximate surface area is 109 Å². The van der Waals surface area contributed by atoms with Crippen molar-refractivity contribution in [2.45, 2.75) is 32.2 Å². The molecule has 0 fully saturated rings. The van der Waals surface area contributed by atoms with Gasteiger partial charge in [0.1, 0.15) is 0 Å². The summed E-state index contributed by atoms with van der Waals surface area (Å²) in [7, 11) is 0. The van der Waals surface area contributed by atoms with Gasteiger partial charge in [-0.1, -0.05) is 61.5 Å². The Balaban J connectivity index is 2.19. The van der Waals surface area contributed by atoms with Gasteiger partial charge in [0.05, 0.1) is 0 Å². The third-order valence-corrected chi connectivity index (χ3v) is 3.41. The minimum absolute atomic E-state index is 0.170. The van der Waals surface area contributed by atoms with Crippen molar-refractivity contribution in [3.63, 3.8) is 0 Å². The van der Waals surface area contributed by atoms with Gasteiger partial charge in [-0.05, 0) is 35.6 Å². The summed E-state index contributed by atoms with van der Waals surface area (Å²) in [5, 5.41) is 2.61. The van der Waals surface area contributed by atoms with Crippen molar-refractivity contribution < 1.29 is 0 Å². The molecule has 0 aliphatic heterocycles. The van der Waals surface area contributed by atoms with E-state index in [0.29, 0.717) is 0 Å². The Morgan fingerprint density at radius 2 is 1.89 bits per heavy atom. The second-order valence-corrected chi connectivity index (χ2v) is 4.91. The lowest BCUT2D eigenvalue weighted by molar-refractivity contribution is 0.653. The summed E-state index contributed by atoms with van der Waals surface area (Å²) < 4.78 is 0. The van der Waals surface area contributed by atoms with Crippen molar-refractivity contribution in [2.75, 3.05) is 0 Å². The van der Waals surface area contributed by atoms with Crippen LogP contribution in [0, 0.1) is 0 Å². The van der Waals surface area contributed by atoms with E-state index in [0.717, 1.165) is 19.3 Å². The lowest BCUT2D eigenvalue weighted by Gasteiger charge is -2.14. The molecule has 94 valence electrons. The summed E-state index contributed by atoms with van der Waals surface area (Å²) in [6.07, 6.45) is 2.85. The largest absolute Gasteiger partial charge is 0.327 e. The molecule has 2 rings (SSSR count). The van der Waals surface area contributed by atoms with E-state index in [2.05, 4.69) is 56.0 Å². The molecule has 2 aromatic carbocycles. The van der Waals surface area contributed by atoms with Gasteiger partial charge in [0, 0.05) is 6.04 Å². The molecule has 1 heteroatoms. The highest BCUT2D eigenvalue weighted by Crippen LogP contribution is 2.20. The first-order valence-electron chi connectivity index (χ1n) is 6.59. The van der Waals surface area contributed by atoms with Crippen LogP contribution in [-0.2, 0) is 6.42 Å². The van der Waals surface area contributed by atoms with Gasteiger partial charge in [-0.25, -0.2) is 0 Å². The average molecular weight is 239 g/mol. The van der Waals surface area contributed by atoms with E-state index in [1.54, 1.807) is 0 Å². The molecule has 0 saturated carbocycles. The Morgan fingerprint density at radius 1 is 1.17 bits per heavy atom. The van der Waals surface area contributed by atoms with Crippen LogP contribution < -0.4 is 5.73 Å². The van der Waals surface area contributed by atoms with Gasteiger partial charge in [-0.2, -0.15) is 0 Å². The quantitative estimate of drug-likeness (QED) is 0.782. The average Bonchev–Trinajstić information content (AvgIpc) is 2.39. The minimum atomic E-state index is 0.170. The summed E-state index contributed by atoms with van der Waals surface area (Å²) >= 11 is 0. The molecular formula is C17H21N. The molecule has 2 N–H and O–H groups in total. The zero-order valence-electron chi connectivity index (χ0n) is 11.0. The summed E-state index contributed by atoms with van der Waals surface area (Å²) in [5.41, 5.74) is 8.79. The normalized spacial score (nSPS) is 12.6. The van der Waals surface area contributed by atoms with Crippen LogP contribution in [0.5, 0.6) is 0 Å². The van der Waals surface area contributed by atoms with Gasteiger partial charge in [0.2, 0.25) is 0 Å². The topological polar surface area (TPSA) is 26.0 Å². The lowest BCUT2D eigenvalue weighted by Crippen LogP contribution is -2.23. The van der Waals surface area contributed by atoms with Gasteiger partial charge in [-0.15, -0.1) is 0 Å². The first-order valence-corrected chi connectivity index (χ1v) is 6.59. The second kappa shape index (κ2) is 5.83. The van der Waals surface area contributed by atoms with Crippen LogP contribution in [-0.4, -0.2) is 6.04 Å². The van der Waals surface area contributed by atoms with E-state index in [9.17, 15) is 0 Å². The minimum Gasteiger partial charge on any atom is -0.327 e. The second-order valence-electron chi connectivity index (χ2n) is 4.91. The molecule has 0 aliphatic rings. The lowest BCUT2D eigenvalue weighted by atomic mass is 9.95. The maximum atomic E-state index is 6.21. The Morgan fingerprint density at radius 3 is 2.67 bits per heavy atom. The van der Waals surface area contributed by atoms with E-state index >= 15 is 0 Å². The molecule has 1 nitrogen and oxygen atoms in total. The molecule has 0 saturated heterocycles. The fourth-order valence-electron chi connectivity index (χ4n) is 2.34. The fourth-order valence-corrected chi connectivity index (χ4v) is 2.34. The Kier molecular flexibility index (Phi) is 4.16. The molecule has 2 aromatic rings. The van der Waals surface area contributed by atoms with Crippen molar-refractivity contribution in [3.8, 4) is 0 Å². The van der Waals surface area contributed by atoms with Crippen LogP contribution in [0.25, 0.3) is 10.8 Å². The van der Waals surface area contributed by atoms with Crippen LogP contribution in [0.1, 0.15) is 25.3 Å². The highest BCUT2D eigenvalue weighted by Gasteiger charge is 2.07. The zero-order valence-corrected chi connectivity index (χ0v) is 11.0. The zero-order chi connectivity index (χ0) is 13.0. The monoisotopic (exact) mass is 239 g/mol. The number of rotatable bonds is 5. The fraction of sp³-hybridized carbons (Fsp3) is 0.294. The standard InChI is InChI=1S/C17H21N/c1-3-13(2)11-16(18)12-15-9-6-8-14-7-4-5-10-17(14)15/h4-10,16H,2-3,11-12,18H2,1H3. The first kappa shape index (κ1) is 12.8. The van der Waals surface area contributed by atoms with E-state index < -0.39 is 0 Å². The predicted octanol–water partition coefficient (Wildman–Crippen LogP) is 4.07. The van der Waals surface area contributed by atoms with Crippen LogP contribution in [0.2, 0.25) is 0 Å². The first-order chi connectivity index (χ1) is 8.70. The smallest absolute Gasteiger partial charge is 0.0117 e. The molecule has 0 aromatic heterocycles. The molecule has 0 spiro atoms. The summed E-state index contributed by atoms with van der Waals surface area (Å²) in [6.45, 7) is 6.17. The number of benzene rings is 2. The van der Waals surface area contributed by atoms with Crippen molar-refractivity contribution in [1.82, 2.24) is 0 Å². The molecule has 0 heterocycles. The van der Waals surface area contributed by atoms with E-state index in [1.165, 1.54) is 21.9 Å². The maximum Gasteiger partial charge on any atom is 0.0117 e. The number of hydrogen-bond donors (Lipinski definition) is 1. The van der Waals surface area contributed by atoms with Gasteiger partial charge >= 0.3 is 0 Å². The van der Waals surface area contributed by atoms with Crippen molar-refractivity contribution >= 4 is 10.8 Å². The number of nitrogens with two attached hydrogens (primary N) is 1. The van der Waals surface area contributed by atoms with Gasteiger partial charge in [0.25, 0.3) is 0 Å². The number of fused-ring (bicyclic) bond motifs is 1. The van der Waals surface area contributed by atoms with Crippen molar-refractivity contribution in [1.29, 1.82) is 0 Å². The maximum absolute atomic E-state index is 6.21. The molecule has 0 radical (unpaired) electrons. The third-order valence-electron chi connectivity index (χ3n) is 3.41. The van der Waals surface area contributed by atoms with Gasteiger partial charge in [-0.3, -0.25) is 0 Å². The molecule has 18 heavy (non-hydrogen) atoms. The van der Waals surface area contributed by atoms with Crippen LogP contribution in [0.15, 0.2) is 54.6 Å². The summed E-state index contributed by atoms with van der Waals surface area (Å²) in [6, 6.07) is 15.1. The highest BCUT2D eigenvalue weighted by molar-refractivity contribution is 5.85. The van der Waals surface area contributed by atoms with Crippen molar-refractivity contribution in [2.24, 2.45) is 5.73 Å². The molecule has 0 aliphatic carbocycles. The summed E-state index contributed by atoms with van der Waals surface area (Å²) in [4.78, 5) is 0. The molecule has 0 bridgehead atoms. The van der Waals surface area contributed by atoms with Crippen molar-refractivity contribution in [3.05, 3.63) is 60.2 Å². The molecule has 1 atom stereocenters.